The highest BCUT2D eigenvalue weighted by molar-refractivity contribution is 6.29. The number of nitrogens with zero attached hydrogens (tertiary/aromatic N) is 2. The normalized spacial score (nSPS) is 17.6. The third-order valence-corrected chi connectivity index (χ3v) is 2.23. The zero-order valence-electron chi connectivity index (χ0n) is 8.11. The van der Waals surface area contributed by atoms with Gasteiger partial charge < -0.3 is 4.74 Å². The molecule has 1 aliphatic rings. The average molecular weight is 225 g/mol. The molecule has 2 rings (SSSR count). The first-order chi connectivity index (χ1) is 7.20. The van der Waals surface area contributed by atoms with Gasteiger partial charge in [-0.25, -0.2) is 9.78 Å². The number of carbonyl (C=O) groups excluding carboxylic acids is 1. The lowest BCUT2D eigenvalue weighted by Gasteiger charge is -2.02. The number of halogens is 1. The number of hydrogen-bond acceptors (Lipinski definition) is 4. The SMILES string of the molecule is CCOC(=O)[C@H]1C=c2cc(Cl)ncc2=N1. The molecule has 15 heavy (non-hydrogen) atoms. The predicted molar refractivity (Wildman–Crippen MR) is 54.9 cm³/mol. The summed E-state index contributed by atoms with van der Waals surface area (Å²) in [5.41, 5.74) is 0. The number of hydrogen-bond donors (Lipinski definition) is 0. The highest BCUT2D eigenvalue weighted by Gasteiger charge is 2.18. The van der Waals surface area contributed by atoms with Crippen molar-refractivity contribution in [2.45, 2.75) is 13.0 Å². The first kappa shape index (κ1) is 10.1. The molecule has 5 heteroatoms. The molecule has 0 aliphatic carbocycles. The van der Waals surface area contributed by atoms with Crippen LogP contribution in [0.25, 0.3) is 6.08 Å². The molecule has 0 amide bonds. The highest BCUT2D eigenvalue weighted by atomic mass is 35.5. The van der Waals surface area contributed by atoms with Crippen molar-refractivity contribution in [3.05, 3.63) is 28.0 Å². The summed E-state index contributed by atoms with van der Waals surface area (Å²) in [4.78, 5) is 19.4. The molecule has 1 atom stereocenters. The topological polar surface area (TPSA) is 51.5 Å². The van der Waals surface area contributed by atoms with Crippen LogP contribution in [0.5, 0.6) is 0 Å². The number of aromatic nitrogens is 1. The first-order valence-electron chi connectivity index (χ1n) is 4.58. The Morgan fingerprint density at radius 2 is 2.47 bits per heavy atom. The largest absolute Gasteiger partial charge is 0.464 e. The predicted octanol–water partition coefficient (Wildman–Crippen LogP) is 0.0804. The van der Waals surface area contributed by atoms with E-state index in [4.69, 9.17) is 16.3 Å². The summed E-state index contributed by atoms with van der Waals surface area (Å²) >= 11 is 5.72. The van der Waals surface area contributed by atoms with Crippen molar-refractivity contribution in [3.63, 3.8) is 0 Å². The fourth-order valence-electron chi connectivity index (χ4n) is 1.38. The third-order valence-electron chi connectivity index (χ3n) is 2.02. The third kappa shape index (κ3) is 1.99. The van der Waals surface area contributed by atoms with E-state index in [-0.39, 0.29) is 5.97 Å². The second-order valence-corrected chi connectivity index (χ2v) is 3.45. The standard InChI is InChI=1S/C10H9ClN2O2/c1-2-15-10(14)7-3-6-4-9(11)12-5-8(6)13-7/h3-5,7H,2H2,1H3/t7-/m1/s1. The Labute approximate surface area is 91.3 Å². The van der Waals surface area contributed by atoms with Gasteiger partial charge in [-0.05, 0) is 19.1 Å². The second-order valence-electron chi connectivity index (χ2n) is 3.06. The maximum absolute atomic E-state index is 11.4. The van der Waals surface area contributed by atoms with Crippen LogP contribution in [0.4, 0.5) is 0 Å². The molecule has 1 aliphatic heterocycles. The van der Waals surface area contributed by atoms with E-state index in [9.17, 15) is 4.79 Å². The minimum atomic E-state index is -0.555. The fraction of sp³-hybridized carbons (Fsp3) is 0.300. The maximum atomic E-state index is 11.4. The maximum Gasteiger partial charge on any atom is 0.334 e. The number of pyridine rings is 1. The average Bonchev–Trinajstić information content (AvgIpc) is 2.60. The van der Waals surface area contributed by atoms with Crippen molar-refractivity contribution >= 4 is 23.6 Å². The van der Waals surface area contributed by atoms with Gasteiger partial charge in [-0.3, -0.25) is 4.99 Å². The van der Waals surface area contributed by atoms with Gasteiger partial charge in [0, 0.05) is 5.22 Å². The molecule has 0 saturated carbocycles. The molecule has 0 fully saturated rings. The summed E-state index contributed by atoms with van der Waals surface area (Å²) in [5, 5.41) is 1.90. The van der Waals surface area contributed by atoms with E-state index in [0.29, 0.717) is 17.1 Å². The molecule has 0 bridgehead atoms. The van der Waals surface area contributed by atoms with E-state index in [1.54, 1.807) is 25.3 Å². The van der Waals surface area contributed by atoms with E-state index < -0.39 is 6.04 Å². The van der Waals surface area contributed by atoms with Gasteiger partial charge in [-0.1, -0.05) is 11.6 Å². The molecule has 0 aromatic carbocycles. The number of esters is 1. The summed E-state index contributed by atoms with van der Waals surface area (Å²) in [6.07, 6.45) is 3.27. The molecule has 0 saturated heterocycles. The summed E-state index contributed by atoms with van der Waals surface area (Å²) in [5.74, 6) is -0.343. The van der Waals surface area contributed by atoms with Gasteiger partial charge in [0.05, 0.1) is 18.2 Å². The van der Waals surface area contributed by atoms with Crippen LogP contribution in [0.1, 0.15) is 6.92 Å². The van der Waals surface area contributed by atoms with Gasteiger partial charge in [0.25, 0.3) is 0 Å². The van der Waals surface area contributed by atoms with E-state index in [1.165, 1.54) is 0 Å². The Morgan fingerprint density at radius 1 is 1.67 bits per heavy atom. The Balaban J connectivity index is 2.35. The van der Waals surface area contributed by atoms with Crippen LogP contribution in [0.15, 0.2) is 17.3 Å². The Hall–Kier alpha value is -1.42. The number of carbonyl (C=O) groups is 1. The van der Waals surface area contributed by atoms with Gasteiger partial charge in [-0.15, -0.1) is 0 Å². The van der Waals surface area contributed by atoms with Crippen LogP contribution in [0.3, 0.4) is 0 Å². The summed E-state index contributed by atoms with van der Waals surface area (Å²) < 4.78 is 4.87. The number of ether oxygens (including phenoxy) is 1. The summed E-state index contributed by atoms with van der Waals surface area (Å²) in [6.45, 7) is 2.12. The smallest absolute Gasteiger partial charge is 0.334 e. The van der Waals surface area contributed by atoms with E-state index in [1.807, 2.05) is 0 Å². The van der Waals surface area contributed by atoms with E-state index in [2.05, 4.69) is 9.98 Å². The highest BCUT2D eigenvalue weighted by Crippen LogP contribution is 2.01. The summed E-state index contributed by atoms with van der Waals surface area (Å²) in [6, 6.07) is 1.12. The molecule has 0 N–H and O–H groups in total. The van der Waals surface area contributed by atoms with Crippen molar-refractivity contribution in [3.8, 4) is 0 Å². The molecule has 78 valence electrons. The number of rotatable bonds is 2. The molecule has 0 unspecified atom stereocenters. The quantitative estimate of drug-likeness (QED) is 0.528. The van der Waals surface area contributed by atoms with Crippen LogP contribution >= 0.6 is 11.6 Å². The lowest BCUT2D eigenvalue weighted by atomic mass is 10.3. The lowest BCUT2D eigenvalue weighted by Crippen LogP contribution is -2.21. The minimum Gasteiger partial charge on any atom is -0.464 e. The van der Waals surface area contributed by atoms with Crippen LogP contribution in [0, 0.1) is 0 Å². The summed E-state index contributed by atoms with van der Waals surface area (Å²) in [7, 11) is 0. The molecule has 0 spiro atoms. The molecular weight excluding hydrogens is 216 g/mol. The Morgan fingerprint density at radius 3 is 3.20 bits per heavy atom. The monoisotopic (exact) mass is 224 g/mol. The fourth-order valence-corrected chi connectivity index (χ4v) is 1.55. The van der Waals surface area contributed by atoms with Crippen LogP contribution in [-0.4, -0.2) is 23.6 Å². The van der Waals surface area contributed by atoms with Crippen molar-refractivity contribution in [1.29, 1.82) is 0 Å². The van der Waals surface area contributed by atoms with Crippen molar-refractivity contribution in [2.24, 2.45) is 4.99 Å². The molecule has 1 aromatic rings. The van der Waals surface area contributed by atoms with Crippen molar-refractivity contribution in [1.82, 2.24) is 4.98 Å². The van der Waals surface area contributed by atoms with Crippen molar-refractivity contribution < 1.29 is 9.53 Å². The molecule has 1 aromatic heterocycles. The van der Waals surface area contributed by atoms with Crippen molar-refractivity contribution in [2.75, 3.05) is 6.61 Å². The molecule has 0 radical (unpaired) electrons. The van der Waals surface area contributed by atoms with Crippen LogP contribution in [-0.2, 0) is 9.53 Å². The zero-order valence-corrected chi connectivity index (χ0v) is 8.86. The van der Waals surface area contributed by atoms with Crippen LogP contribution < -0.4 is 10.6 Å². The second kappa shape index (κ2) is 3.98. The minimum absolute atomic E-state index is 0.343. The van der Waals surface area contributed by atoms with Gasteiger partial charge in [0.15, 0.2) is 6.04 Å². The van der Waals surface area contributed by atoms with Gasteiger partial charge >= 0.3 is 5.97 Å². The van der Waals surface area contributed by atoms with Gasteiger partial charge in [0.2, 0.25) is 0 Å². The molecule has 2 heterocycles. The Bertz CT molecular complexity index is 513. The van der Waals surface area contributed by atoms with Crippen LogP contribution in [0.2, 0.25) is 5.15 Å². The first-order valence-corrected chi connectivity index (χ1v) is 4.96. The van der Waals surface area contributed by atoms with Gasteiger partial charge in [0.1, 0.15) is 5.15 Å². The molecular formula is C10H9ClN2O2. The molecule has 4 nitrogen and oxygen atoms in total. The van der Waals surface area contributed by atoms with E-state index >= 15 is 0 Å². The van der Waals surface area contributed by atoms with Gasteiger partial charge in [-0.2, -0.15) is 0 Å². The van der Waals surface area contributed by atoms with E-state index in [0.717, 1.165) is 5.22 Å². The number of fused-ring (bicyclic) bond motifs is 1. The zero-order chi connectivity index (χ0) is 10.8. The lowest BCUT2D eigenvalue weighted by molar-refractivity contribution is -0.142. The Kier molecular flexibility index (Phi) is 2.68.